The summed E-state index contributed by atoms with van der Waals surface area (Å²) in [5, 5.41) is 15.5. The minimum Gasteiger partial charge on any atom is -0.487 e. The molecule has 8 heteroatoms. The molecule has 0 radical (unpaired) electrons. The average molecular weight is 441 g/mol. The number of ether oxygens (including phenoxy) is 2. The minimum absolute atomic E-state index is 0.127. The standard InChI is InChI=1S/C25H23N5O3/c1-32-23-10-9-22(28-29-23)21-8-3-6-18-14-20(33-24(18)21)15-26-25(31)19-7-2-5-17(13-19)16-30-12-4-11-27-30/h2-13,20H,14-16H2,1H3,(H,26,31)/t20-/m1/s1. The summed E-state index contributed by atoms with van der Waals surface area (Å²) < 4.78 is 13.1. The molecule has 0 saturated heterocycles. The van der Waals surface area contributed by atoms with Gasteiger partial charge in [-0.1, -0.05) is 24.3 Å². The second kappa shape index (κ2) is 9.12. The number of para-hydroxylation sites is 1. The van der Waals surface area contributed by atoms with Crippen molar-refractivity contribution in [2.45, 2.75) is 19.1 Å². The molecule has 0 fully saturated rings. The number of benzene rings is 2. The Morgan fingerprint density at radius 2 is 2.06 bits per heavy atom. The Hall–Kier alpha value is -4.20. The van der Waals surface area contributed by atoms with Crippen LogP contribution in [0.3, 0.4) is 0 Å². The van der Waals surface area contributed by atoms with Crippen LogP contribution in [0.5, 0.6) is 11.6 Å². The van der Waals surface area contributed by atoms with Crippen molar-refractivity contribution in [3.8, 4) is 22.9 Å². The van der Waals surface area contributed by atoms with Gasteiger partial charge in [-0.05, 0) is 41.5 Å². The lowest BCUT2D eigenvalue weighted by atomic mass is 10.0. The predicted octanol–water partition coefficient (Wildman–Crippen LogP) is 3.13. The number of rotatable bonds is 7. The first-order valence-corrected chi connectivity index (χ1v) is 10.7. The molecular formula is C25H23N5O3. The Balaban J connectivity index is 1.23. The minimum atomic E-state index is -0.149. The number of amides is 1. The molecule has 0 saturated carbocycles. The van der Waals surface area contributed by atoms with Gasteiger partial charge < -0.3 is 14.8 Å². The van der Waals surface area contributed by atoms with Gasteiger partial charge in [0.2, 0.25) is 5.88 Å². The van der Waals surface area contributed by atoms with Gasteiger partial charge in [0.1, 0.15) is 11.9 Å². The third-order valence-corrected chi connectivity index (χ3v) is 5.54. The molecular weight excluding hydrogens is 418 g/mol. The zero-order valence-electron chi connectivity index (χ0n) is 18.1. The number of carbonyl (C=O) groups is 1. The van der Waals surface area contributed by atoms with E-state index in [0.717, 1.165) is 22.4 Å². The van der Waals surface area contributed by atoms with E-state index in [9.17, 15) is 4.79 Å². The van der Waals surface area contributed by atoms with Crippen LogP contribution in [0.1, 0.15) is 21.5 Å². The van der Waals surface area contributed by atoms with E-state index >= 15 is 0 Å². The second-order valence-electron chi connectivity index (χ2n) is 7.81. The third-order valence-electron chi connectivity index (χ3n) is 5.54. The highest BCUT2D eigenvalue weighted by Gasteiger charge is 2.26. The van der Waals surface area contributed by atoms with Gasteiger partial charge in [-0.3, -0.25) is 9.48 Å². The van der Waals surface area contributed by atoms with E-state index in [-0.39, 0.29) is 12.0 Å². The Labute approximate surface area is 191 Å². The largest absolute Gasteiger partial charge is 0.487 e. The number of hydrogen-bond donors (Lipinski definition) is 1. The molecule has 0 spiro atoms. The average Bonchev–Trinajstić information content (AvgIpc) is 3.52. The number of nitrogens with zero attached hydrogens (tertiary/aromatic N) is 4. The van der Waals surface area contributed by atoms with Gasteiger partial charge in [0.15, 0.2) is 0 Å². The van der Waals surface area contributed by atoms with E-state index in [1.54, 1.807) is 19.4 Å². The summed E-state index contributed by atoms with van der Waals surface area (Å²) in [4.78, 5) is 12.8. The summed E-state index contributed by atoms with van der Waals surface area (Å²) in [6, 6.07) is 19.1. The van der Waals surface area contributed by atoms with Crippen LogP contribution in [0.2, 0.25) is 0 Å². The molecule has 33 heavy (non-hydrogen) atoms. The normalized spacial score (nSPS) is 14.4. The van der Waals surface area contributed by atoms with Gasteiger partial charge in [0, 0.05) is 36.0 Å². The molecule has 1 amide bonds. The summed E-state index contributed by atoms with van der Waals surface area (Å²) >= 11 is 0. The predicted molar refractivity (Wildman–Crippen MR) is 122 cm³/mol. The highest BCUT2D eigenvalue weighted by Crippen LogP contribution is 2.38. The molecule has 1 N–H and O–H groups in total. The van der Waals surface area contributed by atoms with E-state index in [1.807, 2.05) is 65.5 Å². The van der Waals surface area contributed by atoms with Crippen molar-refractivity contribution in [1.29, 1.82) is 0 Å². The zero-order chi connectivity index (χ0) is 22.6. The van der Waals surface area contributed by atoms with Crippen molar-refractivity contribution in [3.63, 3.8) is 0 Å². The molecule has 2 aromatic carbocycles. The van der Waals surface area contributed by atoms with Crippen molar-refractivity contribution >= 4 is 5.91 Å². The van der Waals surface area contributed by atoms with Gasteiger partial charge in [-0.25, -0.2) is 0 Å². The third kappa shape index (κ3) is 4.55. The van der Waals surface area contributed by atoms with Crippen molar-refractivity contribution in [1.82, 2.24) is 25.3 Å². The van der Waals surface area contributed by atoms with E-state index in [2.05, 4.69) is 20.6 Å². The summed E-state index contributed by atoms with van der Waals surface area (Å²) in [6.07, 6.45) is 4.20. The first kappa shape index (κ1) is 20.7. The summed E-state index contributed by atoms with van der Waals surface area (Å²) in [5.74, 6) is 1.12. The number of nitrogens with one attached hydrogen (secondary N) is 1. The molecule has 1 aliphatic heterocycles. The fourth-order valence-electron chi connectivity index (χ4n) is 3.93. The maximum atomic E-state index is 12.8. The SMILES string of the molecule is COc1ccc(-c2cccc3c2O[C@@H](CNC(=O)c2cccc(Cn4cccn4)c2)C3)nn1. The first-order valence-electron chi connectivity index (χ1n) is 10.7. The van der Waals surface area contributed by atoms with Gasteiger partial charge in [-0.2, -0.15) is 5.10 Å². The van der Waals surface area contributed by atoms with Gasteiger partial charge >= 0.3 is 0 Å². The maximum Gasteiger partial charge on any atom is 0.251 e. The summed E-state index contributed by atoms with van der Waals surface area (Å²) in [6.45, 7) is 1.02. The van der Waals surface area contributed by atoms with Crippen LogP contribution in [0.25, 0.3) is 11.3 Å². The van der Waals surface area contributed by atoms with E-state index in [0.29, 0.717) is 36.6 Å². The number of methoxy groups -OCH3 is 1. The Morgan fingerprint density at radius 1 is 1.15 bits per heavy atom. The maximum absolute atomic E-state index is 12.8. The lowest BCUT2D eigenvalue weighted by Gasteiger charge is -2.14. The van der Waals surface area contributed by atoms with Crippen LogP contribution >= 0.6 is 0 Å². The van der Waals surface area contributed by atoms with Crippen LogP contribution in [0.4, 0.5) is 0 Å². The summed E-state index contributed by atoms with van der Waals surface area (Å²) in [7, 11) is 1.56. The smallest absolute Gasteiger partial charge is 0.251 e. The number of hydrogen-bond acceptors (Lipinski definition) is 6. The molecule has 5 rings (SSSR count). The van der Waals surface area contributed by atoms with Gasteiger partial charge in [0.05, 0.1) is 25.9 Å². The molecule has 0 unspecified atom stereocenters. The van der Waals surface area contributed by atoms with Crippen LogP contribution in [-0.4, -0.2) is 45.6 Å². The lowest BCUT2D eigenvalue weighted by Crippen LogP contribution is -2.34. The highest BCUT2D eigenvalue weighted by atomic mass is 16.5. The monoisotopic (exact) mass is 441 g/mol. The molecule has 3 heterocycles. The van der Waals surface area contributed by atoms with E-state index < -0.39 is 0 Å². The Morgan fingerprint density at radius 3 is 2.85 bits per heavy atom. The molecule has 8 nitrogen and oxygen atoms in total. The fraction of sp³-hybridized carbons (Fsp3) is 0.200. The van der Waals surface area contributed by atoms with Crippen molar-refractivity contribution in [3.05, 3.63) is 89.7 Å². The topological polar surface area (TPSA) is 91.2 Å². The van der Waals surface area contributed by atoms with Crippen LogP contribution < -0.4 is 14.8 Å². The first-order chi connectivity index (χ1) is 16.2. The second-order valence-corrected chi connectivity index (χ2v) is 7.81. The lowest BCUT2D eigenvalue weighted by molar-refractivity contribution is 0.0933. The van der Waals surface area contributed by atoms with Crippen molar-refractivity contribution in [2.24, 2.45) is 0 Å². The van der Waals surface area contributed by atoms with Crippen LogP contribution in [0.15, 0.2) is 73.1 Å². The van der Waals surface area contributed by atoms with Gasteiger partial charge in [0.25, 0.3) is 5.91 Å². The van der Waals surface area contributed by atoms with Crippen LogP contribution in [-0.2, 0) is 13.0 Å². The Kier molecular flexibility index (Phi) is 5.72. The number of aromatic nitrogens is 4. The van der Waals surface area contributed by atoms with Crippen LogP contribution in [0, 0.1) is 0 Å². The molecule has 2 aromatic heterocycles. The number of carbonyl (C=O) groups excluding carboxylic acids is 1. The molecule has 1 aliphatic rings. The molecule has 0 aliphatic carbocycles. The van der Waals surface area contributed by atoms with Crippen molar-refractivity contribution in [2.75, 3.05) is 13.7 Å². The molecule has 1 atom stereocenters. The van der Waals surface area contributed by atoms with E-state index in [1.165, 1.54) is 0 Å². The fourth-order valence-corrected chi connectivity index (χ4v) is 3.93. The molecule has 0 bridgehead atoms. The van der Waals surface area contributed by atoms with E-state index in [4.69, 9.17) is 9.47 Å². The Bertz CT molecular complexity index is 1260. The van der Waals surface area contributed by atoms with Crippen molar-refractivity contribution < 1.29 is 14.3 Å². The quantitative estimate of drug-likeness (QED) is 0.474. The molecule has 166 valence electrons. The number of fused-ring (bicyclic) bond motifs is 1. The molecule has 4 aromatic rings. The zero-order valence-corrected chi connectivity index (χ0v) is 18.1. The van der Waals surface area contributed by atoms with Gasteiger partial charge in [-0.15, -0.1) is 10.2 Å². The summed E-state index contributed by atoms with van der Waals surface area (Å²) in [5.41, 5.74) is 4.31. The highest BCUT2D eigenvalue weighted by molar-refractivity contribution is 5.94.